The fourth-order valence-electron chi connectivity index (χ4n) is 0.391. The van der Waals surface area contributed by atoms with Crippen molar-refractivity contribution >= 4 is 37.7 Å². The van der Waals surface area contributed by atoms with Crippen LogP contribution < -0.4 is 5.73 Å². The molecule has 0 aliphatic heterocycles. The second-order valence-corrected chi connectivity index (χ2v) is 6.54. The van der Waals surface area contributed by atoms with Crippen LogP contribution in [-0.4, -0.2) is 47.3 Å². The first kappa shape index (κ1) is 14.0. The lowest BCUT2D eigenvalue weighted by molar-refractivity contribution is -0.137. The Kier molecular flexibility index (Phi) is 6.53. The van der Waals surface area contributed by atoms with Crippen LogP contribution in [-0.2, 0) is 14.9 Å². The lowest BCUT2D eigenvalue weighted by atomic mass is 10.4. The van der Waals surface area contributed by atoms with Gasteiger partial charge in [-0.1, -0.05) is 21.6 Å². The maximum absolute atomic E-state index is 10.3. The summed E-state index contributed by atoms with van der Waals surface area (Å²) in [6.45, 7) is 0. The molecule has 9 heteroatoms. The van der Waals surface area contributed by atoms with Crippen LogP contribution in [0.2, 0.25) is 0 Å². The molecule has 4 N–H and O–H groups in total. The van der Waals surface area contributed by atoms with Gasteiger partial charge < -0.3 is 10.8 Å². The number of hydrogen-bond acceptors (Lipinski definition) is 6. The smallest absolute Gasteiger partial charge is 0.321 e. The quantitative estimate of drug-likeness (QED) is 0.324. The van der Waals surface area contributed by atoms with Gasteiger partial charge in [-0.15, -0.1) is 0 Å². The average molecular weight is 261 g/mol. The fourth-order valence-corrected chi connectivity index (χ4v) is 3.70. The maximum atomic E-state index is 10.3. The lowest BCUT2D eigenvalue weighted by Gasteiger charge is -2.04. The topological polar surface area (TPSA) is 118 Å². The van der Waals surface area contributed by atoms with E-state index in [9.17, 15) is 13.2 Å². The molecule has 0 aromatic heterocycles. The highest BCUT2D eigenvalue weighted by atomic mass is 33.1. The van der Waals surface area contributed by atoms with Crippen molar-refractivity contribution in [2.75, 3.05) is 17.3 Å². The summed E-state index contributed by atoms with van der Waals surface area (Å²) >= 11 is 0. The molecule has 0 fully saturated rings. The molecule has 0 saturated carbocycles. The van der Waals surface area contributed by atoms with Gasteiger partial charge in [0.2, 0.25) is 0 Å². The van der Waals surface area contributed by atoms with Gasteiger partial charge in [-0.3, -0.25) is 9.35 Å². The zero-order chi connectivity index (χ0) is 11.2. The molecule has 6 nitrogen and oxygen atoms in total. The van der Waals surface area contributed by atoms with E-state index in [1.807, 2.05) is 0 Å². The van der Waals surface area contributed by atoms with E-state index in [1.54, 1.807) is 0 Å². The number of carbonyl (C=O) groups is 1. The molecule has 0 aliphatic carbocycles. The highest BCUT2D eigenvalue weighted by Gasteiger charge is 2.11. The minimum atomic E-state index is -3.92. The van der Waals surface area contributed by atoms with Crippen LogP contribution >= 0.6 is 21.6 Å². The monoisotopic (exact) mass is 261 g/mol. The third kappa shape index (κ3) is 8.63. The first-order valence-corrected chi connectivity index (χ1v) is 7.60. The second kappa shape index (κ2) is 6.51. The van der Waals surface area contributed by atoms with Gasteiger partial charge in [-0.2, -0.15) is 8.42 Å². The molecule has 14 heavy (non-hydrogen) atoms. The molecule has 0 aromatic carbocycles. The molecule has 0 bridgehead atoms. The molecular formula is C5H11NO5S3. The number of aliphatic carboxylic acids is 1. The predicted molar refractivity (Wildman–Crippen MR) is 56.9 cm³/mol. The Balaban J connectivity index is 3.44. The summed E-state index contributed by atoms with van der Waals surface area (Å²) in [6.07, 6.45) is 0. The van der Waals surface area contributed by atoms with Crippen LogP contribution in [0.15, 0.2) is 0 Å². The SMILES string of the molecule is N[C@@H](CSSCCS(=O)(=O)O)C(=O)O. The van der Waals surface area contributed by atoms with E-state index in [1.165, 1.54) is 10.8 Å². The van der Waals surface area contributed by atoms with Gasteiger partial charge in [0.15, 0.2) is 0 Å². The van der Waals surface area contributed by atoms with Crippen LogP contribution in [0.5, 0.6) is 0 Å². The molecule has 0 rings (SSSR count). The van der Waals surface area contributed by atoms with Gasteiger partial charge in [-0.05, 0) is 0 Å². The zero-order valence-electron chi connectivity index (χ0n) is 7.12. The summed E-state index contributed by atoms with van der Waals surface area (Å²) in [5, 5.41) is 8.38. The lowest BCUT2D eigenvalue weighted by Crippen LogP contribution is -2.32. The first-order chi connectivity index (χ1) is 6.33. The average Bonchev–Trinajstić information content (AvgIpc) is 2.01. The van der Waals surface area contributed by atoms with E-state index in [0.717, 1.165) is 10.8 Å². The van der Waals surface area contributed by atoms with Gasteiger partial charge in [0, 0.05) is 11.5 Å². The van der Waals surface area contributed by atoms with Crippen LogP contribution in [0, 0.1) is 0 Å². The minimum absolute atomic E-state index is 0.200. The Labute approximate surface area is 89.8 Å². The highest BCUT2D eigenvalue weighted by Crippen LogP contribution is 2.21. The van der Waals surface area contributed by atoms with Crippen molar-refractivity contribution in [2.45, 2.75) is 6.04 Å². The van der Waals surface area contributed by atoms with Gasteiger partial charge in [0.05, 0.1) is 5.75 Å². The Morgan fingerprint density at radius 2 is 2.00 bits per heavy atom. The summed E-state index contributed by atoms with van der Waals surface area (Å²) in [5.41, 5.74) is 5.18. The van der Waals surface area contributed by atoms with E-state index >= 15 is 0 Å². The van der Waals surface area contributed by atoms with E-state index in [4.69, 9.17) is 15.4 Å². The van der Waals surface area contributed by atoms with Crippen LogP contribution in [0.4, 0.5) is 0 Å². The van der Waals surface area contributed by atoms with Crippen molar-refractivity contribution in [1.29, 1.82) is 0 Å². The van der Waals surface area contributed by atoms with Crippen molar-refractivity contribution < 1.29 is 22.9 Å². The summed E-state index contributed by atoms with van der Waals surface area (Å²) in [7, 11) is -1.60. The van der Waals surface area contributed by atoms with Crippen LogP contribution in [0.3, 0.4) is 0 Å². The molecule has 0 aliphatic rings. The van der Waals surface area contributed by atoms with E-state index in [0.29, 0.717) is 0 Å². The first-order valence-electron chi connectivity index (χ1n) is 3.51. The normalized spacial score (nSPS) is 13.9. The number of hydrogen-bond donors (Lipinski definition) is 3. The molecule has 0 saturated heterocycles. The Bertz CT molecular complexity index is 277. The Hall–Kier alpha value is 0.0400. The van der Waals surface area contributed by atoms with Crippen LogP contribution in [0.25, 0.3) is 0 Å². The standard InChI is InChI=1S/C5H11NO5S3/c6-4(5(7)8)3-13-12-1-2-14(9,10)11/h4H,1-3,6H2,(H,7,8)(H,9,10,11)/t4-/m0/s1. The van der Waals surface area contributed by atoms with Crippen molar-refractivity contribution in [2.24, 2.45) is 5.73 Å². The van der Waals surface area contributed by atoms with Gasteiger partial charge >= 0.3 is 5.97 Å². The molecule has 1 atom stereocenters. The van der Waals surface area contributed by atoms with Gasteiger partial charge in [0.1, 0.15) is 6.04 Å². The van der Waals surface area contributed by atoms with Gasteiger partial charge in [0.25, 0.3) is 10.1 Å². The molecule has 0 unspecified atom stereocenters. The third-order valence-electron chi connectivity index (χ3n) is 1.07. The summed E-state index contributed by atoms with van der Waals surface area (Å²) in [4.78, 5) is 10.2. The summed E-state index contributed by atoms with van der Waals surface area (Å²) in [5.74, 6) is -1.03. The molecule has 0 spiro atoms. The zero-order valence-corrected chi connectivity index (χ0v) is 9.57. The molecule has 0 heterocycles. The van der Waals surface area contributed by atoms with E-state index < -0.39 is 22.1 Å². The van der Waals surface area contributed by atoms with Crippen molar-refractivity contribution in [3.8, 4) is 0 Å². The van der Waals surface area contributed by atoms with E-state index in [-0.39, 0.29) is 17.3 Å². The second-order valence-electron chi connectivity index (χ2n) is 2.34. The summed E-state index contributed by atoms with van der Waals surface area (Å²) < 4.78 is 28.8. The molecule has 0 amide bonds. The van der Waals surface area contributed by atoms with E-state index in [2.05, 4.69) is 0 Å². The predicted octanol–water partition coefficient (Wildman–Crippen LogP) is -0.333. The largest absolute Gasteiger partial charge is 0.480 e. The van der Waals surface area contributed by atoms with Gasteiger partial charge in [-0.25, -0.2) is 0 Å². The van der Waals surface area contributed by atoms with Crippen molar-refractivity contribution in [1.82, 2.24) is 0 Å². The highest BCUT2D eigenvalue weighted by molar-refractivity contribution is 8.76. The van der Waals surface area contributed by atoms with Crippen molar-refractivity contribution in [3.63, 3.8) is 0 Å². The Morgan fingerprint density at radius 3 is 2.43 bits per heavy atom. The number of nitrogens with two attached hydrogens (primary N) is 1. The number of rotatable bonds is 7. The molecular weight excluding hydrogens is 250 g/mol. The number of carboxylic acids is 1. The molecule has 0 aromatic rings. The molecule has 84 valence electrons. The third-order valence-corrected chi connectivity index (χ3v) is 4.49. The Morgan fingerprint density at radius 1 is 1.43 bits per heavy atom. The van der Waals surface area contributed by atoms with Crippen molar-refractivity contribution in [3.05, 3.63) is 0 Å². The summed E-state index contributed by atoms with van der Waals surface area (Å²) in [6, 6.07) is -0.946. The molecule has 0 radical (unpaired) electrons. The number of carboxylic acid groups (broad SMARTS) is 1. The fraction of sp³-hybridized carbons (Fsp3) is 0.800. The minimum Gasteiger partial charge on any atom is -0.480 e. The van der Waals surface area contributed by atoms with Crippen LogP contribution in [0.1, 0.15) is 0 Å². The maximum Gasteiger partial charge on any atom is 0.321 e.